The molecule has 0 amide bonds. The Balaban J connectivity index is 2.11. The van der Waals surface area contributed by atoms with Gasteiger partial charge in [0.25, 0.3) is 10.0 Å². The molecular weight excluding hydrogens is 266 g/mol. The molecule has 7 heteroatoms. The van der Waals surface area contributed by atoms with Gasteiger partial charge in [0.1, 0.15) is 0 Å². The summed E-state index contributed by atoms with van der Waals surface area (Å²) >= 11 is 0. The van der Waals surface area contributed by atoms with Gasteiger partial charge >= 0.3 is 0 Å². The number of ether oxygens (including phenoxy) is 1. The summed E-state index contributed by atoms with van der Waals surface area (Å²) in [4.78, 5) is 0. The third-order valence-electron chi connectivity index (χ3n) is 2.64. The summed E-state index contributed by atoms with van der Waals surface area (Å²) in [6.45, 7) is 0.656. The van der Waals surface area contributed by atoms with E-state index in [0.29, 0.717) is 6.61 Å². The van der Waals surface area contributed by atoms with Crippen LogP contribution >= 0.6 is 0 Å². The summed E-state index contributed by atoms with van der Waals surface area (Å²) in [5, 5.41) is 6.11. The summed E-state index contributed by atoms with van der Waals surface area (Å²) in [5.41, 5.74) is 1.84. The van der Waals surface area contributed by atoms with Gasteiger partial charge in [-0.3, -0.25) is 5.10 Å². The molecule has 0 spiro atoms. The third-order valence-corrected chi connectivity index (χ3v) is 3.97. The minimum absolute atomic E-state index is 0.0525. The molecule has 1 heterocycles. The van der Waals surface area contributed by atoms with Crippen LogP contribution in [0.2, 0.25) is 0 Å². The van der Waals surface area contributed by atoms with Crippen LogP contribution in [0, 0.1) is 0 Å². The second-order valence-corrected chi connectivity index (χ2v) is 5.68. The van der Waals surface area contributed by atoms with Gasteiger partial charge < -0.3 is 4.74 Å². The van der Waals surface area contributed by atoms with Crippen LogP contribution in [-0.2, 0) is 27.9 Å². The molecule has 6 nitrogen and oxygen atoms in total. The summed E-state index contributed by atoms with van der Waals surface area (Å²) in [6, 6.07) is 8.93. The Morgan fingerprint density at radius 1 is 1.26 bits per heavy atom. The van der Waals surface area contributed by atoms with Crippen LogP contribution in [-0.4, -0.2) is 25.7 Å². The van der Waals surface area contributed by atoms with E-state index in [2.05, 4.69) is 14.9 Å². The SMILES string of the molecule is COCc1ccccc1CNS(=O)(=O)c1ccn[nH]1. The standard InChI is InChI=1S/C12H15N3O3S/c1-18-9-11-5-3-2-4-10(11)8-14-19(16,17)12-6-7-13-15-12/h2-7,14H,8-9H2,1H3,(H,13,15). The Morgan fingerprint density at radius 2 is 2.00 bits per heavy atom. The molecule has 102 valence electrons. The van der Waals surface area contributed by atoms with Crippen molar-refractivity contribution in [1.29, 1.82) is 0 Å². The number of benzene rings is 1. The van der Waals surface area contributed by atoms with Crippen molar-refractivity contribution in [3.8, 4) is 0 Å². The van der Waals surface area contributed by atoms with Gasteiger partial charge in [0.2, 0.25) is 0 Å². The van der Waals surface area contributed by atoms with Crippen molar-refractivity contribution in [2.75, 3.05) is 7.11 Å². The first-order valence-electron chi connectivity index (χ1n) is 5.68. The maximum Gasteiger partial charge on any atom is 0.257 e. The molecule has 0 atom stereocenters. The number of H-pyrrole nitrogens is 1. The van der Waals surface area contributed by atoms with Gasteiger partial charge in [-0.2, -0.15) is 5.10 Å². The molecular formula is C12H15N3O3S. The average Bonchev–Trinajstić information content (AvgIpc) is 2.93. The molecule has 0 aliphatic heterocycles. The summed E-state index contributed by atoms with van der Waals surface area (Å²) in [7, 11) is -1.95. The predicted octanol–water partition coefficient (Wildman–Crippen LogP) is 1.03. The van der Waals surface area contributed by atoms with Crippen LogP contribution in [0.5, 0.6) is 0 Å². The van der Waals surface area contributed by atoms with Gasteiger partial charge in [-0.05, 0) is 17.2 Å². The molecule has 0 saturated carbocycles. The molecule has 0 unspecified atom stereocenters. The van der Waals surface area contributed by atoms with Gasteiger partial charge in [-0.15, -0.1) is 0 Å². The molecule has 1 aromatic heterocycles. The quantitative estimate of drug-likeness (QED) is 0.828. The number of aromatic amines is 1. The molecule has 0 saturated heterocycles. The van der Waals surface area contributed by atoms with Crippen LogP contribution < -0.4 is 4.72 Å². The number of hydrogen-bond acceptors (Lipinski definition) is 4. The number of hydrogen-bond donors (Lipinski definition) is 2. The zero-order chi connectivity index (χ0) is 13.7. The topological polar surface area (TPSA) is 84.1 Å². The fourth-order valence-electron chi connectivity index (χ4n) is 1.67. The fourth-order valence-corrected chi connectivity index (χ4v) is 2.58. The first-order valence-corrected chi connectivity index (χ1v) is 7.16. The van der Waals surface area contributed by atoms with Gasteiger partial charge in [-0.1, -0.05) is 24.3 Å². The lowest BCUT2D eigenvalue weighted by atomic mass is 10.1. The second kappa shape index (κ2) is 5.96. The van der Waals surface area contributed by atoms with E-state index in [1.807, 2.05) is 24.3 Å². The van der Waals surface area contributed by atoms with Gasteiger partial charge in [0, 0.05) is 13.7 Å². The van der Waals surface area contributed by atoms with E-state index >= 15 is 0 Å². The van der Waals surface area contributed by atoms with Crippen LogP contribution in [0.25, 0.3) is 0 Å². The highest BCUT2D eigenvalue weighted by atomic mass is 32.2. The average molecular weight is 281 g/mol. The number of sulfonamides is 1. The molecule has 2 N–H and O–H groups in total. The maximum absolute atomic E-state index is 11.9. The minimum atomic E-state index is -3.56. The second-order valence-electron chi connectivity index (χ2n) is 3.95. The Bertz CT molecular complexity index is 623. The highest BCUT2D eigenvalue weighted by Gasteiger charge is 2.15. The maximum atomic E-state index is 11.9. The van der Waals surface area contributed by atoms with Crippen molar-refractivity contribution in [1.82, 2.24) is 14.9 Å². The highest BCUT2D eigenvalue weighted by Crippen LogP contribution is 2.11. The monoisotopic (exact) mass is 281 g/mol. The summed E-state index contributed by atoms with van der Waals surface area (Å²) in [5.74, 6) is 0. The minimum Gasteiger partial charge on any atom is -0.380 e. The van der Waals surface area contributed by atoms with E-state index in [-0.39, 0.29) is 11.6 Å². The highest BCUT2D eigenvalue weighted by molar-refractivity contribution is 7.89. The van der Waals surface area contributed by atoms with Crippen molar-refractivity contribution >= 4 is 10.0 Å². The van der Waals surface area contributed by atoms with E-state index in [9.17, 15) is 8.42 Å². The number of nitrogens with zero attached hydrogens (tertiary/aromatic N) is 1. The van der Waals surface area contributed by atoms with E-state index in [1.165, 1.54) is 12.3 Å². The zero-order valence-electron chi connectivity index (χ0n) is 10.5. The van der Waals surface area contributed by atoms with Crippen molar-refractivity contribution in [3.05, 3.63) is 47.7 Å². The number of nitrogens with one attached hydrogen (secondary N) is 2. The smallest absolute Gasteiger partial charge is 0.257 e. The van der Waals surface area contributed by atoms with Crippen molar-refractivity contribution in [2.45, 2.75) is 18.2 Å². The molecule has 19 heavy (non-hydrogen) atoms. The Morgan fingerprint density at radius 3 is 2.63 bits per heavy atom. The summed E-state index contributed by atoms with van der Waals surface area (Å²) < 4.78 is 31.4. The molecule has 0 aliphatic rings. The van der Waals surface area contributed by atoms with E-state index in [1.54, 1.807) is 7.11 Å². The van der Waals surface area contributed by atoms with Crippen LogP contribution in [0.4, 0.5) is 0 Å². The van der Waals surface area contributed by atoms with E-state index in [4.69, 9.17) is 4.74 Å². The van der Waals surface area contributed by atoms with Crippen molar-refractivity contribution < 1.29 is 13.2 Å². The van der Waals surface area contributed by atoms with E-state index < -0.39 is 10.0 Å². The number of rotatable bonds is 6. The van der Waals surface area contributed by atoms with Gasteiger partial charge in [0.15, 0.2) is 5.03 Å². The molecule has 2 rings (SSSR count). The lowest BCUT2D eigenvalue weighted by Gasteiger charge is -2.09. The largest absolute Gasteiger partial charge is 0.380 e. The first kappa shape index (κ1) is 13.7. The van der Waals surface area contributed by atoms with Gasteiger partial charge in [0.05, 0.1) is 12.8 Å². The Kier molecular flexibility index (Phi) is 4.31. The zero-order valence-corrected chi connectivity index (χ0v) is 11.3. The van der Waals surface area contributed by atoms with Crippen LogP contribution in [0.3, 0.4) is 0 Å². The van der Waals surface area contributed by atoms with Crippen molar-refractivity contribution in [2.24, 2.45) is 0 Å². The molecule has 0 fully saturated rings. The normalized spacial score (nSPS) is 11.6. The Hall–Kier alpha value is -1.70. The first-order chi connectivity index (χ1) is 9.13. The lowest BCUT2D eigenvalue weighted by Crippen LogP contribution is -2.24. The fraction of sp³-hybridized carbons (Fsp3) is 0.250. The third kappa shape index (κ3) is 3.40. The lowest BCUT2D eigenvalue weighted by molar-refractivity contribution is 0.184. The predicted molar refractivity (Wildman–Crippen MR) is 69.8 cm³/mol. The number of aromatic nitrogens is 2. The molecule has 0 bridgehead atoms. The Labute approximate surface area is 111 Å². The molecule has 2 aromatic rings. The summed E-state index contributed by atoms with van der Waals surface area (Å²) in [6.07, 6.45) is 1.40. The van der Waals surface area contributed by atoms with Gasteiger partial charge in [-0.25, -0.2) is 13.1 Å². The molecule has 0 aliphatic carbocycles. The van der Waals surface area contributed by atoms with Crippen LogP contribution in [0.15, 0.2) is 41.6 Å². The molecule has 1 aromatic carbocycles. The van der Waals surface area contributed by atoms with Crippen LogP contribution in [0.1, 0.15) is 11.1 Å². The van der Waals surface area contributed by atoms with E-state index in [0.717, 1.165) is 11.1 Å². The number of methoxy groups -OCH3 is 1. The molecule has 0 radical (unpaired) electrons. The van der Waals surface area contributed by atoms with Crippen molar-refractivity contribution in [3.63, 3.8) is 0 Å².